The van der Waals surface area contributed by atoms with Crippen molar-refractivity contribution < 1.29 is 23.9 Å². The highest BCUT2D eigenvalue weighted by Crippen LogP contribution is 2.29. The van der Waals surface area contributed by atoms with Gasteiger partial charge in [0.15, 0.2) is 0 Å². The smallest absolute Gasteiger partial charge is 0.328 e. The zero-order valence-electron chi connectivity index (χ0n) is 10.9. The molecule has 1 amide bonds. The van der Waals surface area contributed by atoms with E-state index in [1.807, 2.05) is 0 Å². The number of amides is 1. The maximum atomic E-state index is 11.7. The van der Waals surface area contributed by atoms with Crippen molar-refractivity contribution in [2.45, 2.75) is 32.2 Å². The highest BCUT2D eigenvalue weighted by molar-refractivity contribution is 5.87. The molecular weight excluding hydrogens is 238 g/mol. The second kappa shape index (κ2) is 6.37. The number of carbonyl (C=O) groups is 3. The van der Waals surface area contributed by atoms with E-state index in [1.165, 1.54) is 14.2 Å². The van der Waals surface area contributed by atoms with Crippen LogP contribution in [0, 0.1) is 11.8 Å². The van der Waals surface area contributed by atoms with Gasteiger partial charge in [-0.3, -0.25) is 9.59 Å². The summed E-state index contributed by atoms with van der Waals surface area (Å²) in [6.07, 6.45) is 1.76. The number of nitrogens with one attached hydrogen (secondary N) is 1. The summed E-state index contributed by atoms with van der Waals surface area (Å²) in [7, 11) is 2.54. The molecule has 0 aromatic carbocycles. The van der Waals surface area contributed by atoms with Gasteiger partial charge < -0.3 is 14.8 Å². The monoisotopic (exact) mass is 257 g/mol. The van der Waals surface area contributed by atoms with Crippen molar-refractivity contribution in [3.05, 3.63) is 0 Å². The van der Waals surface area contributed by atoms with Crippen molar-refractivity contribution >= 4 is 17.8 Å². The molecule has 0 aromatic rings. The van der Waals surface area contributed by atoms with Crippen molar-refractivity contribution in [2.24, 2.45) is 11.8 Å². The van der Waals surface area contributed by atoms with Gasteiger partial charge in [-0.2, -0.15) is 0 Å². The highest BCUT2D eigenvalue weighted by atomic mass is 16.5. The van der Waals surface area contributed by atoms with Crippen molar-refractivity contribution in [2.75, 3.05) is 14.2 Å². The van der Waals surface area contributed by atoms with Gasteiger partial charge in [0.1, 0.15) is 6.04 Å². The predicted octanol–water partition coefficient (Wildman–Crippen LogP) is 0.253. The van der Waals surface area contributed by atoms with Crippen LogP contribution in [0.25, 0.3) is 0 Å². The van der Waals surface area contributed by atoms with E-state index < -0.39 is 18.0 Å². The van der Waals surface area contributed by atoms with E-state index in [9.17, 15) is 14.4 Å². The summed E-state index contributed by atoms with van der Waals surface area (Å²) in [5.41, 5.74) is 0. The summed E-state index contributed by atoms with van der Waals surface area (Å²) in [5.74, 6) is -1.48. The van der Waals surface area contributed by atoms with Crippen LogP contribution in [0.15, 0.2) is 0 Å². The molecule has 0 bridgehead atoms. The molecule has 1 N–H and O–H groups in total. The van der Waals surface area contributed by atoms with Crippen LogP contribution in [0.2, 0.25) is 0 Å². The summed E-state index contributed by atoms with van der Waals surface area (Å²) in [4.78, 5) is 34.5. The Bertz CT molecular complexity index is 337. The molecule has 1 rings (SSSR count). The summed E-state index contributed by atoms with van der Waals surface area (Å²) in [6.45, 7) is 1.70. The van der Waals surface area contributed by atoms with Gasteiger partial charge in [0.05, 0.1) is 20.6 Å². The molecule has 102 valence electrons. The Hall–Kier alpha value is -1.59. The summed E-state index contributed by atoms with van der Waals surface area (Å²) >= 11 is 0. The molecule has 1 fully saturated rings. The standard InChI is InChI=1S/C12H19NO5/c1-7(6-9(14)17-2)10(12(16)18-3)13-11(15)8-4-5-8/h7-8,10H,4-6H2,1-3H3,(H,13,15)/t7-,10+/m1/s1. The topological polar surface area (TPSA) is 81.7 Å². The molecule has 6 heteroatoms. The van der Waals surface area contributed by atoms with E-state index in [2.05, 4.69) is 14.8 Å². The molecule has 1 aliphatic rings. The quantitative estimate of drug-likeness (QED) is 0.690. The Morgan fingerprint density at radius 2 is 1.83 bits per heavy atom. The van der Waals surface area contributed by atoms with Gasteiger partial charge >= 0.3 is 11.9 Å². The van der Waals surface area contributed by atoms with E-state index >= 15 is 0 Å². The molecule has 0 aromatic heterocycles. The average molecular weight is 257 g/mol. The van der Waals surface area contributed by atoms with Gasteiger partial charge in [-0.25, -0.2) is 4.79 Å². The first-order valence-corrected chi connectivity index (χ1v) is 5.94. The molecule has 6 nitrogen and oxygen atoms in total. The van der Waals surface area contributed by atoms with Crippen LogP contribution in [0.1, 0.15) is 26.2 Å². The highest BCUT2D eigenvalue weighted by Gasteiger charge is 2.35. The number of rotatable bonds is 6. The zero-order chi connectivity index (χ0) is 13.7. The van der Waals surface area contributed by atoms with Gasteiger partial charge in [-0.15, -0.1) is 0 Å². The van der Waals surface area contributed by atoms with Crippen LogP contribution in [0.5, 0.6) is 0 Å². The predicted molar refractivity (Wildman–Crippen MR) is 62.5 cm³/mol. The van der Waals surface area contributed by atoms with Crippen LogP contribution >= 0.6 is 0 Å². The Morgan fingerprint density at radius 3 is 2.28 bits per heavy atom. The first kappa shape index (κ1) is 14.5. The van der Waals surface area contributed by atoms with Gasteiger partial charge in [0.25, 0.3) is 0 Å². The molecular formula is C12H19NO5. The first-order valence-electron chi connectivity index (χ1n) is 5.94. The fourth-order valence-electron chi connectivity index (χ4n) is 1.64. The molecule has 0 unspecified atom stereocenters. The number of carbonyl (C=O) groups excluding carboxylic acids is 3. The summed E-state index contributed by atoms with van der Waals surface area (Å²) < 4.78 is 9.19. The van der Waals surface area contributed by atoms with Crippen LogP contribution in [0.4, 0.5) is 0 Å². The van der Waals surface area contributed by atoms with Gasteiger partial charge in [-0.05, 0) is 18.8 Å². The molecule has 2 atom stereocenters. The molecule has 0 heterocycles. The maximum absolute atomic E-state index is 11.7. The lowest BCUT2D eigenvalue weighted by atomic mass is 9.98. The second-order valence-electron chi connectivity index (χ2n) is 4.54. The number of esters is 2. The fraction of sp³-hybridized carbons (Fsp3) is 0.750. The zero-order valence-corrected chi connectivity index (χ0v) is 10.9. The van der Waals surface area contributed by atoms with E-state index in [0.29, 0.717) is 0 Å². The lowest BCUT2D eigenvalue weighted by Gasteiger charge is -2.22. The van der Waals surface area contributed by atoms with Crippen molar-refractivity contribution in [3.8, 4) is 0 Å². The molecule has 0 aliphatic heterocycles. The Kier molecular flexibility index (Phi) is 5.12. The van der Waals surface area contributed by atoms with Gasteiger partial charge in [-0.1, -0.05) is 6.92 Å². The largest absolute Gasteiger partial charge is 0.469 e. The van der Waals surface area contributed by atoms with Crippen molar-refractivity contribution in [1.29, 1.82) is 0 Å². The Morgan fingerprint density at radius 1 is 1.22 bits per heavy atom. The Labute approximate surface area is 106 Å². The molecule has 0 saturated heterocycles. The van der Waals surface area contributed by atoms with Gasteiger partial charge in [0, 0.05) is 5.92 Å². The van der Waals surface area contributed by atoms with Gasteiger partial charge in [0.2, 0.25) is 5.91 Å². The van der Waals surface area contributed by atoms with Crippen LogP contribution in [-0.4, -0.2) is 38.1 Å². The molecule has 18 heavy (non-hydrogen) atoms. The molecule has 1 saturated carbocycles. The third-order valence-electron chi connectivity index (χ3n) is 2.99. The van der Waals surface area contributed by atoms with Crippen LogP contribution < -0.4 is 5.32 Å². The Balaban J connectivity index is 2.61. The molecule has 0 spiro atoms. The van der Waals surface area contributed by atoms with E-state index in [-0.39, 0.29) is 24.2 Å². The summed E-state index contributed by atoms with van der Waals surface area (Å²) in [5, 5.41) is 2.64. The molecule has 0 radical (unpaired) electrons. The lowest BCUT2D eigenvalue weighted by molar-refractivity contribution is -0.148. The number of hydrogen-bond acceptors (Lipinski definition) is 5. The first-order chi connectivity index (χ1) is 8.49. The number of ether oxygens (including phenoxy) is 2. The SMILES string of the molecule is COC(=O)C[C@@H](C)[C@H](NC(=O)C1CC1)C(=O)OC. The summed E-state index contributed by atoms with van der Waals surface area (Å²) in [6, 6.07) is -0.804. The maximum Gasteiger partial charge on any atom is 0.328 e. The van der Waals surface area contributed by atoms with E-state index in [0.717, 1.165) is 12.8 Å². The molecule has 1 aliphatic carbocycles. The third-order valence-corrected chi connectivity index (χ3v) is 2.99. The number of methoxy groups -OCH3 is 2. The average Bonchev–Trinajstić information content (AvgIpc) is 3.18. The minimum Gasteiger partial charge on any atom is -0.469 e. The van der Waals surface area contributed by atoms with Crippen molar-refractivity contribution in [3.63, 3.8) is 0 Å². The van der Waals surface area contributed by atoms with Crippen LogP contribution in [-0.2, 0) is 23.9 Å². The lowest BCUT2D eigenvalue weighted by Crippen LogP contribution is -2.47. The third kappa shape index (κ3) is 4.01. The minimum atomic E-state index is -0.804. The minimum absolute atomic E-state index is 0.00230. The normalized spacial score (nSPS) is 17.5. The second-order valence-corrected chi connectivity index (χ2v) is 4.54. The van der Waals surface area contributed by atoms with E-state index in [1.54, 1.807) is 6.92 Å². The number of hydrogen-bond donors (Lipinski definition) is 1. The van der Waals surface area contributed by atoms with Crippen LogP contribution in [0.3, 0.4) is 0 Å². The fourth-order valence-corrected chi connectivity index (χ4v) is 1.64. The van der Waals surface area contributed by atoms with E-state index in [4.69, 9.17) is 0 Å². The van der Waals surface area contributed by atoms with Crippen molar-refractivity contribution in [1.82, 2.24) is 5.32 Å².